The number of hydrogen-bond acceptors (Lipinski definition) is 3. The Morgan fingerprint density at radius 2 is 1.55 bits per heavy atom. The monoisotopic (exact) mass is 695 g/mol. The molecule has 0 fully saturated rings. The second-order valence-corrected chi connectivity index (χ2v) is 9.39. The summed E-state index contributed by atoms with van der Waals surface area (Å²) < 4.78 is 10.6. The Bertz CT molecular complexity index is 2090. The van der Waals surface area contributed by atoms with Gasteiger partial charge < -0.3 is 18.5 Å². The van der Waals surface area contributed by atoms with Gasteiger partial charge in [0.15, 0.2) is 0 Å². The van der Waals surface area contributed by atoms with E-state index in [0.29, 0.717) is 5.89 Å². The first-order valence-corrected chi connectivity index (χ1v) is 12.8. The van der Waals surface area contributed by atoms with Crippen molar-refractivity contribution in [1.29, 1.82) is 0 Å². The number of nitrogens with zero attached hydrogens (tertiary/aromatic N) is 4. The first-order chi connectivity index (χ1) is 19.3. The number of pyridine rings is 1. The van der Waals surface area contributed by atoms with E-state index in [1.54, 1.807) is 6.20 Å². The van der Waals surface area contributed by atoms with Crippen LogP contribution in [0.3, 0.4) is 0 Å². The van der Waals surface area contributed by atoms with Crippen molar-refractivity contribution >= 4 is 32.9 Å². The molecule has 8 aromatic rings. The summed E-state index contributed by atoms with van der Waals surface area (Å²) in [5.74, 6) is 0.532. The van der Waals surface area contributed by atoms with E-state index in [-0.39, 0.29) is 21.1 Å². The van der Waals surface area contributed by atoms with E-state index in [9.17, 15) is 0 Å². The van der Waals surface area contributed by atoms with Crippen LogP contribution < -0.4 is 0 Å². The molecule has 0 aliphatic rings. The van der Waals surface area contributed by atoms with Crippen LogP contribution in [0.2, 0.25) is 0 Å². The van der Waals surface area contributed by atoms with Crippen LogP contribution in [0.5, 0.6) is 0 Å². The van der Waals surface area contributed by atoms with E-state index in [1.807, 2.05) is 79.1 Å². The zero-order valence-corrected chi connectivity index (χ0v) is 23.3. The molecule has 0 unspecified atom stereocenters. The topological polar surface area (TPSA) is 48.8 Å². The first-order valence-electron chi connectivity index (χ1n) is 12.8. The normalized spacial score (nSPS) is 11.3. The van der Waals surface area contributed by atoms with Gasteiger partial charge in [-0.25, -0.2) is 0 Å². The van der Waals surface area contributed by atoms with Gasteiger partial charge in [-0.2, -0.15) is 0 Å². The fourth-order valence-electron chi connectivity index (χ4n) is 5.28. The van der Waals surface area contributed by atoms with Gasteiger partial charge in [0.05, 0.1) is 5.52 Å². The number of benzene rings is 4. The molecule has 0 saturated heterocycles. The largest absolute Gasteiger partial charge is 2.00 e. The maximum Gasteiger partial charge on any atom is 2.00 e. The van der Waals surface area contributed by atoms with E-state index < -0.39 is 0 Å². The van der Waals surface area contributed by atoms with Crippen LogP contribution in [0.4, 0.5) is 0 Å². The molecule has 0 radical (unpaired) electrons. The second-order valence-electron chi connectivity index (χ2n) is 9.39. The number of hydrogen-bond donors (Lipinski definition) is 0. The summed E-state index contributed by atoms with van der Waals surface area (Å²) in [6, 6.07) is 41.9. The summed E-state index contributed by atoms with van der Waals surface area (Å²) in [6.45, 7) is 0. The molecule has 40 heavy (non-hydrogen) atoms. The molecular formula is C34H20N4OPt. The van der Waals surface area contributed by atoms with Crippen molar-refractivity contribution in [3.63, 3.8) is 0 Å². The maximum atomic E-state index is 6.26. The molecule has 0 amide bonds. The van der Waals surface area contributed by atoms with E-state index >= 15 is 0 Å². The molecule has 4 heterocycles. The molecule has 0 aliphatic heterocycles. The van der Waals surface area contributed by atoms with Crippen LogP contribution >= 0.6 is 0 Å². The SMILES string of the molecule is [Pt+2].[c-]1c(-c2ccccn2)cccc1-n1c2[c-]c(-c3nc4ccccc4o3)c(-n3cccc3)cc2c2ccccc21. The van der Waals surface area contributed by atoms with Crippen molar-refractivity contribution in [1.82, 2.24) is 19.1 Å². The fourth-order valence-corrected chi connectivity index (χ4v) is 5.28. The van der Waals surface area contributed by atoms with E-state index in [0.717, 1.165) is 61.1 Å². The van der Waals surface area contributed by atoms with E-state index in [2.05, 4.69) is 62.6 Å². The van der Waals surface area contributed by atoms with Crippen molar-refractivity contribution < 1.29 is 25.5 Å². The van der Waals surface area contributed by atoms with Gasteiger partial charge in [-0.3, -0.25) is 4.98 Å². The minimum absolute atomic E-state index is 0. The molecule has 4 aromatic carbocycles. The van der Waals surface area contributed by atoms with Crippen LogP contribution in [-0.4, -0.2) is 19.1 Å². The van der Waals surface area contributed by atoms with Crippen molar-refractivity contribution in [3.8, 4) is 34.1 Å². The minimum atomic E-state index is 0. The third kappa shape index (κ3) is 3.90. The number of aromatic nitrogens is 4. The molecule has 6 heteroatoms. The molecule has 5 nitrogen and oxygen atoms in total. The molecule has 0 N–H and O–H groups in total. The summed E-state index contributed by atoms with van der Waals surface area (Å²) in [5, 5.41) is 2.23. The number of para-hydroxylation sites is 3. The zero-order chi connectivity index (χ0) is 25.8. The molecule has 0 spiro atoms. The van der Waals surface area contributed by atoms with Gasteiger partial charge in [0, 0.05) is 11.7 Å². The van der Waals surface area contributed by atoms with Crippen LogP contribution in [0.15, 0.2) is 126 Å². The number of rotatable bonds is 4. The fraction of sp³-hybridized carbons (Fsp3) is 0. The Kier molecular flexibility index (Phi) is 5.95. The van der Waals surface area contributed by atoms with Gasteiger partial charge in [-0.15, -0.1) is 42.0 Å². The third-order valence-corrected chi connectivity index (χ3v) is 7.05. The van der Waals surface area contributed by atoms with Crippen LogP contribution in [0.25, 0.3) is 67.0 Å². The smallest absolute Gasteiger partial charge is 0.481 e. The average Bonchev–Trinajstić information content (AvgIpc) is 3.75. The average molecular weight is 696 g/mol. The van der Waals surface area contributed by atoms with Crippen molar-refractivity contribution in [2.24, 2.45) is 0 Å². The summed E-state index contributed by atoms with van der Waals surface area (Å²) in [5.41, 5.74) is 8.04. The summed E-state index contributed by atoms with van der Waals surface area (Å²) in [6.07, 6.45) is 5.87. The molecule has 4 aromatic heterocycles. The Labute approximate surface area is 244 Å². The Morgan fingerprint density at radius 1 is 0.725 bits per heavy atom. The zero-order valence-electron chi connectivity index (χ0n) is 21.1. The summed E-state index contributed by atoms with van der Waals surface area (Å²) >= 11 is 0. The second kappa shape index (κ2) is 9.78. The van der Waals surface area contributed by atoms with Gasteiger partial charge in [0.2, 0.25) is 0 Å². The Balaban J connectivity index is 0.00000264. The van der Waals surface area contributed by atoms with Crippen LogP contribution in [0.1, 0.15) is 0 Å². The molecule has 0 bridgehead atoms. The summed E-state index contributed by atoms with van der Waals surface area (Å²) in [7, 11) is 0. The predicted molar refractivity (Wildman–Crippen MR) is 154 cm³/mol. The minimum Gasteiger partial charge on any atom is -0.481 e. The molecule has 192 valence electrons. The van der Waals surface area contributed by atoms with Gasteiger partial charge in [0.1, 0.15) is 11.5 Å². The van der Waals surface area contributed by atoms with Crippen molar-refractivity contribution in [2.75, 3.05) is 0 Å². The quantitative estimate of drug-likeness (QED) is 0.175. The number of fused-ring (bicyclic) bond motifs is 4. The van der Waals surface area contributed by atoms with Crippen molar-refractivity contribution in [2.45, 2.75) is 0 Å². The summed E-state index contributed by atoms with van der Waals surface area (Å²) in [4.78, 5) is 9.37. The standard InChI is InChI=1S/C34H20N4O.Pt/c1-3-15-30-25(12-1)26-21-31(37-18-7-8-19-37)27(34-36-29-14-2-4-16-33(29)39-34)22-32(26)38(30)24-11-9-10-23(20-24)28-13-5-6-17-35-28;/h1-19,21H;/q-2;+2. The first kappa shape index (κ1) is 24.3. The Morgan fingerprint density at radius 3 is 2.40 bits per heavy atom. The van der Waals surface area contributed by atoms with Crippen LogP contribution in [-0.2, 0) is 21.1 Å². The molecule has 8 rings (SSSR count). The Hall–Kier alpha value is -4.73. The molecule has 0 saturated carbocycles. The maximum absolute atomic E-state index is 6.26. The molecule has 0 aliphatic carbocycles. The van der Waals surface area contributed by atoms with Gasteiger partial charge in [0.25, 0.3) is 0 Å². The van der Waals surface area contributed by atoms with E-state index in [1.165, 1.54) is 0 Å². The van der Waals surface area contributed by atoms with E-state index in [4.69, 9.17) is 9.40 Å². The number of oxazole rings is 1. The predicted octanol–water partition coefficient (Wildman–Crippen LogP) is 8.04. The molecule has 0 atom stereocenters. The van der Waals surface area contributed by atoms with Gasteiger partial charge >= 0.3 is 21.1 Å². The van der Waals surface area contributed by atoms with Gasteiger partial charge in [-0.1, -0.05) is 53.4 Å². The van der Waals surface area contributed by atoms with Crippen LogP contribution in [0, 0.1) is 12.1 Å². The molecular weight excluding hydrogens is 675 g/mol. The van der Waals surface area contributed by atoms with Gasteiger partial charge in [-0.05, 0) is 76.8 Å². The van der Waals surface area contributed by atoms with Crippen molar-refractivity contribution in [3.05, 3.63) is 134 Å². The third-order valence-electron chi connectivity index (χ3n) is 7.05.